The van der Waals surface area contributed by atoms with Crippen molar-refractivity contribution in [2.24, 2.45) is 0 Å². The highest BCUT2D eigenvalue weighted by atomic mass is 16.8. The quantitative estimate of drug-likeness (QED) is 0.782. The van der Waals surface area contributed by atoms with Crippen molar-refractivity contribution in [2.45, 2.75) is 25.6 Å². The molecule has 6 heteroatoms. The first kappa shape index (κ1) is 13.1. The van der Waals surface area contributed by atoms with Crippen LogP contribution in [0.2, 0.25) is 0 Å². The van der Waals surface area contributed by atoms with Gasteiger partial charge in [-0.2, -0.15) is 0 Å². The average Bonchev–Trinajstić information content (AvgIpc) is 2.98. The number of nitrogens with zero attached hydrogens (tertiary/aromatic N) is 2. The normalized spacial score (nSPS) is 18.9. The minimum absolute atomic E-state index is 0.0427. The monoisotopic (exact) mass is 276 g/mol. The van der Waals surface area contributed by atoms with Gasteiger partial charge in [-0.3, -0.25) is 0 Å². The van der Waals surface area contributed by atoms with Gasteiger partial charge < -0.3 is 18.6 Å². The van der Waals surface area contributed by atoms with Crippen molar-refractivity contribution in [3.8, 4) is 17.5 Å². The van der Waals surface area contributed by atoms with Gasteiger partial charge in [0.25, 0.3) is 5.89 Å². The van der Waals surface area contributed by atoms with E-state index in [4.69, 9.17) is 18.6 Å². The van der Waals surface area contributed by atoms with E-state index >= 15 is 0 Å². The summed E-state index contributed by atoms with van der Waals surface area (Å²) in [5.74, 6) is 0.425. The third-order valence-corrected chi connectivity index (χ3v) is 3.00. The summed E-state index contributed by atoms with van der Waals surface area (Å²) in [6.45, 7) is 0.782. The Morgan fingerprint density at radius 1 is 1.15 bits per heavy atom. The number of hydrogen-bond acceptors (Lipinski definition) is 6. The molecule has 0 spiro atoms. The Morgan fingerprint density at radius 3 is 2.85 bits per heavy atom. The van der Waals surface area contributed by atoms with Gasteiger partial charge in [0.15, 0.2) is 13.1 Å². The Labute approximate surface area is 116 Å². The Hall–Kier alpha value is -1.92. The molecule has 1 unspecified atom stereocenters. The van der Waals surface area contributed by atoms with Crippen LogP contribution in [0.5, 0.6) is 6.08 Å². The van der Waals surface area contributed by atoms with Crippen LogP contribution in [0.1, 0.15) is 19.3 Å². The zero-order valence-corrected chi connectivity index (χ0v) is 11.0. The molecule has 0 aliphatic carbocycles. The SMILES string of the molecule is c1ccc(-c2nnc(OCOC3CCCCO3)o2)cc1. The predicted molar refractivity (Wildman–Crippen MR) is 69.9 cm³/mol. The molecule has 6 nitrogen and oxygen atoms in total. The van der Waals surface area contributed by atoms with Crippen molar-refractivity contribution in [3.63, 3.8) is 0 Å². The van der Waals surface area contributed by atoms with Crippen LogP contribution in [0, 0.1) is 0 Å². The van der Waals surface area contributed by atoms with E-state index in [1.807, 2.05) is 30.3 Å². The van der Waals surface area contributed by atoms with Gasteiger partial charge in [0, 0.05) is 12.2 Å². The van der Waals surface area contributed by atoms with Crippen LogP contribution in [0.3, 0.4) is 0 Å². The fourth-order valence-electron chi connectivity index (χ4n) is 1.97. The van der Waals surface area contributed by atoms with Crippen molar-refractivity contribution in [1.82, 2.24) is 10.2 Å². The topological polar surface area (TPSA) is 66.6 Å². The summed E-state index contributed by atoms with van der Waals surface area (Å²) in [6, 6.07) is 9.52. The molecular weight excluding hydrogens is 260 g/mol. The molecule has 1 atom stereocenters. The summed E-state index contributed by atoms with van der Waals surface area (Å²) in [5, 5.41) is 7.74. The smallest absolute Gasteiger partial charge is 0.417 e. The first-order valence-electron chi connectivity index (χ1n) is 6.67. The minimum Gasteiger partial charge on any atom is -0.422 e. The summed E-state index contributed by atoms with van der Waals surface area (Å²) < 4.78 is 21.5. The Morgan fingerprint density at radius 2 is 2.05 bits per heavy atom. The van der Waals surface area contributed by atoms with E-state index in [1.54, 1.807) is 0 Å². The van der Waals surface area contributed by atoms with Crippen LogP contribution < -0.4 is 4.74 Å². The Kier molecular flexibility index (Phi) is 4.25. The van der Waals surface area contributed by atoms with Crippen LogP contribution in [-0.2, 0) is 9.47 Å². The maximum absolute atomic E-state index is 5.43. The summed E-state index contributed by atoms with van der Waals surface area (Å²) in [7, 11) is 0. The highest BCUT2D eigenvalue weighted by molar-refractivity contribution is 5.51. The van der Waals surface area contributed by atoms with Crippen molar-refractivity contribution in [2.75, 3.05) is 13.4 Å². The summed E-state index contributed by atoms with van der Waals surface area (Å²) in [6.07, 6.45) is 3.00. The molecular formula is C14H16N2O4. The molecule has 3 rings (SSSR count). The lowest BCUT2D eigenvalue weighted by atomic mass is 10.2. The van der Waals surface area contributed by atoms with Crippen LogP contribution in [0.4, 0.5) is 0 Å². The summed E-state index contributed by atoms with van der Waals surface area (Å²) in [4.78, 5) is 0. The number of rotatable bonds is 5. The maximum Gasteiger partial charge on any atom is 0.417 e. The van der Waals surface area contributed by atoms with Gasteiger partial charge in [0.2, 0.25) is 0 Å². The molecule has 106 valence electrons. The largest absolute Gasteiger partial charge is 0.422 e. The van der Waals surface area contributed by atoms with Gasteiger partial charge >= 0.3 is 6.08 Å². The van der Waals surface area contributed by atoms with Gasteiger partial charge in [0.05, 0.1) is 0 Å². The van der Waals surface area contributed by atoms with E-state index in [0.717, 1.165) is 31.4 Å². The number of ether oxygens (including phenoxy) is 3. The number of benzene rings is 1. The van der Waals surface area contributed by atoms with Crippen molar-refractivity contribution >= 4 is 0 Å². The lowest BCUT2D eigenvalue weighted by molar-refractivity contribution is -0.193. The Bertz CT molecular complexity index is 523. The number of aromatic nitrogens is 2. The van der Waals surface area contributed by atoms with Crippen molar-refractivity contribution in [3.05, 3.63) is 30.3 Å². The third kappa shape index (κ3) is 3.34. The zero-order valence-electron chi connectivity index (χ0n) is 11.0. The molecule has 0 bridgehead atoms. The second-order valence-electron chi connectivity index (χ2n) is 4.46. The van der Waals surface area contributed by atoms with E-state index in [1.165, 1.54) is 0 Å². The molecule has 1 fully saturated rings. The predicted octanol–water partition coefficient (Wildman–Crippen LogP) is 2.62. The van der Waals surface area contributed by atoms with E-state index in [-0.39, 0.29) is 19.2 Å². The van der Waals surface area contributed by atoms with E-state index in [9.17, 15) is 0 Å². The minimum atomic E-state index is -0.194. The fraction of sp³-hybridized carbons (Fsp3) is 0.429. The van der Waals surface area contributed by atoms with Crippen LogP contribution in [-0.4, -0.2) is 29.9 Å². The van der Waals surface area contributed by atoms with Gasteiger partial charge in [0.1, 0.15) is 0 Å². The molecule has 0 N–H and O–H groups in total. The van der Waals surface area contributed by atoms with Crippen molar-refractivity contribution in [1.29, 1.82) is 0 Å². The highest BCUT2D eigenvalue weighted by Gasteiger charge is 2.15. The number of hydrogen-bond donors (Lipinski definition) is 0. The molecule has 1 aromatic heterocycles. The zero-order chi connectivity index (χ0) is 13.6. The summed E-state index contributed by atoms with van der Waals surface area (Å²) >= 11 is 0. The van der Waals surface area contributed by atoms with Gasteiger partial charge in [-0.05, 0) is 31.4 Å². The van der Waals surface area contributed by atoms with Crippen LogP contribution in [0.15, 0.2) is 34.7 Å². The maximum atomic E-state index is 5.43. The molecule has 0 radical (unpaired) electrons. The first-order chi connectivity index (χ1) is 9.92. The van der Waals surface area contributed by atoms with E-state index < -0.39 is 0 Å². The molecule has 1 aliphatic rings. The highest BCUT2D eigenvalue weighted by Crippen LogP contribution is 2.20. The van der Waals surface area contributed by atoms with Gasteiger partial charge in [-0.15, -0.1) is 5.10 Å². The summed E-state index contributed by atoms with van der Waals surface area (Å²) in [5.41, 5.74) is 0.853. The van der Waals surface area contributed by atoms with Gasteiger partial charge in [-0.1, -0.05) is 23.3 Å². The molecule has 2 heterocycles. The first-order valence-corrected chi connectivity index (χ1v) is 6.67. The van der Waals surface area contributed by atoms with Crippen LogP contribution >= 0.6 is 0 Å². The molecule has 1 aliphatic heterocycles. The standard InChI is InChI=1S/C14H16N2O4/c1-2-6-11(7-3-1)13-15-16-14(20-13)19-10-18-12-8-4-5-9-17-12/h1-3,6-7,12H,4-5,8-10H2. The van der Waals surface area contributed by atoms with E-state index in [2.05, 4.69) is 10.2 Å². The fourth-order valence-corrected chi connectivity index (χ4v) is 1.97. The lowest BCUT2D eigenvalue weighted by Gasteiger charge is -2.21. The average molecular weight is 276 g/mol. The Balaban J connectivity index is 1.50. The van der Waals surface area contributed by atoms with Crippen LogP contribution in [0.25, 0.3) is 11.5 Å². The lowest BCUT2D eigenvalue weighted by Crippen LogP contribution is -2.24. The molecule has 0 saturated carbocycles. The second kappa shape index (κ2) is 6.49. The van der Waals surface area contributed by atoms with E-state index in [0.29, 0.717) is 5.89 Å². The molecule has 20 heavy (non-hydrogen) atoms. The second-order valence-corrected chi connectivity index (χ2v) is 4.46. The molecule has 1 saturated heterocycles. The molecule has 1 aromatic carbocycles. The van der Waals surface area contributed by atoms with Crippen molar-refractivity contribution < 1.29 is 18.6 Å². The molecule has 0 amide bonds. The third-order valence-electron chi connectivity index (χ3n) is 3.00. The van der Waals surface area contributed by atoms with Gasteiger partial charge in [-0.25, -0.2) is 0 Å². The molecule has 2 aromatic rings.